The zero-order valence-electron chi connectivity index (χ0n) is 7.19. The largest absolute Gasteiger partial charge is 0.316 e. The summed E-state index contributed by atoms with van der Waals surface area (Å²) in [5, 5.41) is 3.43. The maximum absolute atomic E-state index is 13.5. The molecule has 1 aliphatic rings. The topological polar surface area (TPSA) is 12.0 Å². The first-order valence-corrected chi connectivity index (χ1v) is 4.81. The van der Waals surface area contributed by atoms with Gasteiger partial charge >= 0.3 is 0 Å². The third kappa shape index (κ3) is 1.69. The van der Waals surface area contributed by atoms with Crippen LogP contribution in [-0.4, -0.2) is 13.1 Å². The van der Waals surface area contributed by atoms with Crippen LogP contribution in [0.5, 0.6) is 0 Å². The van der Waals surface area contributed by atoms with E-state index in [1.165, 1.54) is 0 Å². The van der Waals surface area contributed by atoms with E-state index in [4.69, 9.17) is 11.6 Å². The first-order valence-electron chi connectivity index (χ1n) is 4.43. The summed E-state index contributed by atoms with van der Waals surface area (Å²) in [5.41, 5.74) is 0.748. The van der Waals surface area contributed by atoms with Crippen LogP contribution in [0.4, 0.5) is 4.39 Å². The van der Waals surface area contributed by atoms with Crippen molar-refractivity contribution in [3.63, 3.8) is 0 Å². The Bertz CT molecular complexity index is 308. The fourth-order valence-corrected chi connectivity index (χ4v) is 1.94. The quantitative estimate of drug-likeness (QED) is 0.733. The fraction of sp³-hybridized carbons (Fsp3) is 0.400. The van der Waals surface area contributed by atoms with E-state index < -0.39 is 0 Å². The average molecular weight is 200 g/mol. The summed E-state index contributed by atoms with van der Waals surface area (Å²) in [7, 11) is 0. The van der Waals surface area contributed by atoms with Crippen LogP contribution in [0, 0.1) is 5.82 Å². The predicted octanol–water partition coefficient (Wildman–Crippen LogP) is 2.56. The van der Waals surface area contributed by atoms with Gasteiger partial charge in [-0.2, -0.15) is 0 Å². The monoisotopic (exact) mass is 199 g/mol. The van der Waals surface area contributed by atoms with E-state index in [0.717, 1.165) is 25.1 Å². The van der Waals surface area contributed by atoms with E-state index in [0.29, 0.717) is 5.92 Å². The standard InChI is InChI=1S/C10H11ClFN/c11-9-3-1-2-8(10(9)12)7-4-5-13-6-7/h1-3,7,13H,4-6H2. The Hall–Kier alpha value is -0.600. The molecule has 1 aromatic carbocycles. The van der Waals surface area contributed by atoms with Crippen molar-refractivity contribution in [1.82, 2.24) is 5.32 Å². The molecule has 1 nitrogen and oxygen atoms in total. The third-order valence-corrected chi connectivity index (χ3v) is 2.77. The number of rotatable bonds is 1. The number of halogens is 2. The third-order valence-electron chi connectivity index (χ3n) is 2.48. The highest BCUT2D eigenvalue weighted by molar-refractivity contribution is 6.30. The van der Waals surface area contributed by atoms with E-state index in [9.17, 15) is 4.39 Å². The molecule has 1 saturated heterocycles. The number of hydrogen-bond donors (Lipinski definition) is 1. The minimum Gasteiger partial charge on any atom is -0.316 e. The molecule has 1 aliphatic heterocycles. The molecule has 1 N–H and O–H groups in total. The van der Waals surface area contributed by atoms with Gasteiger partial charge in [-0.1, -0.05) is 23.7 Å². The van der Waals surface area contributed by atoms with E-state index in [2.05, 4.69) is 5.32 Å². The Morgan fingerprint density at radius 1 is 1.46 bits per heavy atom. The number of nitrogens with one attached hydrogen (secondary N) is 1. The molecule has 0 aromatic heterocycles. The van der Waals surface area contributed by atoms with Gasteiger partial charge in [0.25, 0.3) is 0 Å². The molecular formula is C10H11ClFN. The van der Waals surface area contributed by atoms with Gasteiger partial charge in [0.2, 0.25) is 0 Å². The fourth-order valence-electron chi connectivity index (χ4n) is 1.76. The molecule has 0 radical (unpaired) electrons. The lowest BCUT2D eigenvalue weighted by Gasteiger charge is -2.10. The Morgan fingerprint density at radius 2 is 2.31 bits per heavy atom. The molecule has 1 heterocycles. The normalized spacial score (nSPS) is 22.2. The van der Waals surface area contributed by atoms with Crippen molar-refractivity contribution in [2.24, 2.45) is 0 Å². The highest BCUT2D eigenvalue weighted by Gasteiger charge is 2.20. The Balaban J connectivity index is 2.33. The van der Waals surface area contributed by atoms with Gasteiger partial charge in [-0.25, -0.2) is 4.39 Å². The van der Waals surface area contributed by atoms with Gasteiger partial charge in [0.1, 0.15) is 5.82 Å². The number of hydrogen-bond acceptors (Lipinski definition) is 1. The average Bonchev–Trinajstić information content (AvgIpc) is 2.62. The van der Waals surface area contributed by atoms with Gasteiger partial charge in [-0.15, -0.1) is 0 Å². The summed E-state index contributed by atoms with van der Waals surface area (Å²) >= 11 is 5.70. The van der Waals surface area contributed by atoms with Gasteiger partial charge in [-0.05, 0) is 24.6 Å². The summed E-state index contributed by atoms with van der Waals surface area (Å²) in [6.45, 7) is 1.83. The van der Waals surface area contributed by atoms with E-state index in [1.807, 2.05) is 6.07 Å². The molecule has 3 heteroatoms. The summed E-state index contributed by atoms with van der Waals surface area (Å²) < 4.78 is 13.5. The Kier molecular flexibility index (Phi) is 2.51. The highest BCUT2D eigenvalue weighted by atomic mass is 35.5. The van der Waals surface area contributed by atoms with Gasteiger partial charge < -0.3 is 5.32 Å². The minimum absolute atomic E-state index is 0.226. The van der Waals surface area contributed by atoms with Crippen LogP contribution >= 0.6 is 11.6 Å². The Morgan fingerprint density at radius 3 is 3.00 bits per heavy atom. The second kappa shape index (κ2) is 3.64. The lowest BCUT2D eigenvalue weighted by atomic mass is 9.98. The van der Waals surface area contributed by atoms with E-state index >= 15 is 0 Å². The summed E-state index contributed by atoms with van der Waals surface area (Å²) in [6, 6.07) is 5.21. The maximum Gasteiger partial charge on any atom is 0.145 e. The summed E-state index contributed by atoms with van der Waals surface area (Å²) in [6.07, 6.45) is 0.997. The van der Waals surface area contributed by atoms with Crippen molar-refractivity contribution in [2.75, 3.05) is 13.1 Å². The molecule has 0 bridgehead atoms. The van der Waals surface area contributed by atoms with Crippen molar-refractivity contribution in [3.8, 4) is 0 Å². The SMILES string of the molecule is Fc1c(Cl)cccc1C1CCNC1. The molecular weight excluding hydrogens is 189 g/mol. The smallest absolute Gasteiger partial charge is 0.145 e. The molecule has 2 rings (SSSR count). The minimum atomic E-state index is -0.252. The van der Waals surface area contributed by atoms with Crippen LogP contribution < -0.4 is 5.32 Å². The van der Waals surface area contributed by atoms with Crippen molar-refractivity contribution >= 4 is 11.6 Å². The highest BCUT2D eigenvalue weighted by Crippen LogP contribution is 2.28. The molecule has 1 aromatic rings. The molecule has 0 saturated carbocycles. The van der Waals surface area contributed by atoms with Gasteiger partial charge in [0, 0.05) is 12.5 Å². The van der Waals surface area contributed by atoms with Crippen LogP contribution in [0.2, 0.25) is 5.02 Å². The first-order chi connectivity index (χ1) is 6.29. The number of benzene rings is 1. The predicted molar refractivity (Wildman–Crippen MR) is 51.6 cm³/mol. The lowest BCUT2D eigenvalue weighted by Crippen LogP contribution is -2.09. The molecule has 1 fully saturated rings. The van der Waals surface area contributed by atoms with Crippen molar-refractivity contribution < 1.29 is 4.39 Å². The van der Waals surface area contributed by atoms with Crippen LogP contribution in [-0.2, 0) is 0 Å². The Labute approximate surface area is 81.9 Å². The van der Waals surface area contributed by atoms with Crippen LogP contribution in [0.1, 0.15) is 17.9 Å². The molecule has 1 unspecified atom stereocenters. The van der Waals surface area contributed by atoms with Crippen molar-refractivity contribution in [1.29, 1.82) is 0 Å². The molecule has 1 atom stereocenters. The van der Waals surface area contributed by atoms with Crippen LogP contribution in [0.25, 0.3) is 0 Å². The van der Waals surface area contributed by atoms with Crippen LogP contribution in [0.15, 0.2) is 18.2 Å². The van der Waals surface area contributed by atoms with Crippen LogP contribution in [0.3, 0.4) is 0 Å². The summed E-state index contributed by atoms with van der Waals surface area (Å²) in [4.78, 5) is 0. The van der Waals surface area contributed by atoms with Gasteiger partial charge in [0.15, 0.2) is 0 Å². The van der Waals surface area contributed by atoms with Crippen molar-refractivity contribution in [3.05, 3.63) is 34.6 Å². The molecule has 0 spiro atoms. The van der Waals surface area contributed by atoms with Crippen molar-refractivity contribution in [2.45, 2.75) is 12.3 Å². The molecule has 0 aliphatic carbocycles. The maximum atomic E-state index is 13.5. The molecule has 70 valence electrons. The van der Waals surface area contributed by atoms with E-state index in [-0.39, 0.29) is 10.8 Å². The van der Waals surface area contributed by atoms with Gasteiger partial charge in [0.05, 0.1) is 5.02 Å². The second-order valence-corrected chi connectivity index (χ2v) is 3.74. The van der Waals surface area contributed by atoms with E-state index in [1.54, 1.807) is 12.1 Å². The zero-order chi connectivity index (χ0) is 9.26. The lowest BCUT2D eigenvalue weighted by molar-refractivity contribution is 0.588. The zero-order valence-corrected chi connectivity index (χ0v) is 7.94. The molecule has 0 amide bonds. The second-order valence-electron chi connectivity index (χ2n) is 3.33. The summed E-state index contributed by atoms with van der Waals surface area (Å²) in [5.74, 6) is 0.0385. The van der Waals surface area contributed by atoms with Gasteiger partial charge in [-0.3, -0.25) is 0 Å². The first kappa shape index (κ1) is 8.97. The molecule has 13 heavy (non-hydrogen) atoms.